The molecule has 3 rings (SSSR count). The Kier molecular flexibility index (Phi) is 4.32. The van der Waals surface area contributed by atoms with E-state index in [0.717, 1.165) is 12.8 Å². The number of benzene rings is 1. The van der Waals surface area contributed by atoms with E-state index in [9.17, 15) is 9.59 Å². The first kappa shape index (κ1) is 15.1. The first-order valence-corrected chi connectivity index (χ1v) is 7.36. The Balaban J connectivity index is 1.54. The second-order valence-electron chi connectivity index (χ2n) is 5.32. The van der Waals surface area contributed by atoms with Crippen LogP contribution >= 0.6 is 0 Å². The fourth-order valence-electron chi connectivity index (χ4n) is 2.02. The zero-order valence-corrected chi connectivity index (χ0v) is 12.7. The van der Waals surface area contributed by atoms with Crippen LogP contribution in [0.2, 0.25) is 0 Å². The predicted molar refractivity (Wildman–Crippen MR) is 81.3 cm³/mol. The summed E-state index contributed by atoms with van der Waals surface area (Å²) in [4.78, 5) is 23.2. The normalized spacial score (nSPS) is 13.4. The summed E-state index contributed by atoms with van der Waals surface area (Å²) in [5.41, 5.74) is 0.455. The third-order valence-electron chi connectivity index (χ3n) is 3.45. The van der Waals surface area contributed by atoms with Gasteiger partial charge in [-0.2, -0.15) is 0 Å². The minimum absolute atomic E-state index is 0.193. The Morgan fingerprint density at radius 1 is 1.17 bits per heavy atom. The van der Waals surface area contributed by atoms with Crippen molar-refractivity contribution in [3.8, 4) is 5.75 Å². The molecule has 23 heavy (non-hydrogen) atoms. The summed E-state index contributed by atoms with van der Waals surface area (Å²) >= 11 is 0. The molecule has 1 aromatic carbocycles. The van der Waals surface area contributed by atoms with Gasteiger partial charge in [-0.05, 0) is 49.2 Å². The van der Waals surface area contributed by atoms with Gasteiger partial charge in [-0.3, -0.25) is 4.79 Å². The van der Waals surface area contributed by atoms with Gasteiger partial charge in [-0.1, -0.05) is 0 Å². The zero-order valence-electron chi connectivity index (χ0n) is 12.7. The lowest BCUT2D eigenvalue weighted by Crippen LogP contribution is -2.24. The molecule has 1 amide bonds. The molecule has 0 aliphatic heterocycles. The van der Waals surface area contributed by atoms with Crippen LogP contribution in [-0.4, -0.2) is 25.0 Å². The maximum atomic E-state index is 11.8. The number of carbonyl (C=O) groups excluding carboxylic acids is 2. The second kappa shape index (κ2) is 6.56. The monoisotopic (exact) mass is 315 g/mol. The van der Waals surface area contributed by atoms with Crippen molar-refractivity contribution >= 4 is 11.9 Å². The number of hydrogen-bond acceptors (Lipinski definition) is 5. The minimum atomic E-state index is -0.395. The van der Waals surface area contributed by atoms with Crippen molar-refractivity contribution in [1.29, 1.82) is 0 Å². The zero-order chi connectivity index (χ0) is 16.2. The van der Waals surface area contributed by atoms with E-state index in [-0.39, 0.29) is 18.3 Å². The van der Waals surface area contributed by atoms with Gasteiger partial charge >= 0.3 is 5.97 Å². The van der Waals surface area contributed by atoms with Crippen LogP contribution in [0.15, 0.2) is 40.8 Å². The maximum Gasteiger partial charge on any atom is 0.337 e. The topological polar surface area (TPSA) is 77.8 Å². The van der Waals surface area contributed by atoms with Gasteiger partial charge in [0.25, 0.3) is 5.91 Å². The number of hydrogen-bond donors (Lipinski definition) is 1. The third-order valence-corrected chi connectivity index (χ3v) is 3.45. The standard InChI is InChI=1S/C17H17NO5/c1-21-17(20)11-2-6-13(7-3-11)22-10-14-8-9-15(23-14)16(19)18-12-4-5-12/h2-3,6-9,12H,4-5,10H2,1H3,(H,18,19). The molecule has 1 fully saturated rings. The summed E-state index contributed by atoms with van der Waals surface area (Å²) in [6.07, 6.45) is 2.06. The van der Waals surface area contributed by atoms with Crippen LogP contribution in [0.5, 0.6) is 5.75 Å². The van der Waals surface area contributed by atoms with E-state index < -0.39 is 5.97 Å². The Bertz CT molecular complexity index is 700. The molecule has 0 bridgehead atoms. The molecule has 0 spiro atoms. The van der Waals surface area contributed by atoms with Crippen LogP contribution in [0, 0.1) is 0 Å². The van der Waals surface area contributed by atoms with E-state index in [0.29, 0.717) is 23.1 Å². The Morgan fingerprint density at radius 2 is 1.91 bits per heavy atom. The van der Waals surface area contributed by atoms with Crippen LogP contribution in [0.1, 0.15) is 39.5 Å². The SMILES string of the molecule is COC(=O)c1ccc(OCc2ccc(C(=O)NC3CC3)o2)cc1. The number of methoxy groups -OCH3 is 1. The van der Waals surface area contributed by atoms with Gasteiger partial charge in [-0.15, -0.1) is 0 Å². The van der Waals surface area contributed by atoms with Crippen molar-refractivity contribution in [3.63, 3.8) is 0 Å². The van der Waals surface area contributed by atoms with Crippen molar-refractivity contribution in [1.82, 2.24) is 5.32 Å². The molecule has 1 saturated carbocycles. The van der Waals surface area contributed by atoms with Crippen LogP contribution in [0.25, 0.3) is 0 Å². The highest BCUT2D eigenvalue weighted by atomic mass is 16.5. The average molecular weight is 315 g/mol. The van der Waals surface area contributed by atoms with Crippen molar-refractivity contribution < 1.29 is 23.5 Å². The number of rotatable bonds is 6. The van der Waals surface area contributed by atoms with Crippen LogP contribution in [0.4, 0.5) is 0 Å². The van der Waals surface area contributed by atoms with Crippen LogP contribution < -0.4 is 10.1 Å². The van der Waals surface area contributed by atoms with Gasteiger partial charge in [0.1, 0.15) is 18.1 Å². The highest BCUT2D eigenvalue weighted by Gasteiger charge is 2.25. The summed E-state index contributed by atoms with van der Waals surface area (Å²) in [6, 6.07) is 10.2. The first-order chi connectivity index (χ1) is 11.2. The van der Waals surface area contributed by atoms with E-state index in [2.05, 4.69) is 10.1 Å². The molecule has 0 unspecified atom stereocenters. The highest BCUT2D eigenvalue weighted by molar-refractivity contribution is 5.91. The summed E-state index contributed by atoms with van der Waals surface area (Å²) < 4.78 is 15.7. The lowest BCUT2D eigenvalue weighted by molar-refractivity contribution is 0.0600. The molecular formula is C17H17NO5. The number of esters is 1. The van der Waals surface area contributed by atoms with Crippen molar-refractivity contribution in [3.05, 3.63) is 53.5 Å². The van der Waals surface area contributed by atoms with Crippen molar-refractivity contribution in [2.75, 3.05) is 7.11 Å². The van der Waals surface area contributed by atoms with Gasteiger partial charge in [0.15, 0.2) is 5.76 Å². The molecule has 120 valence electrons. The highest BCUT2D eigenvalue weighted by Crippen LogP contribution is 2.20. The molecular weight excluding hydrogens is 298 g/mol. The lowest BCUT2D eigenvalue weighted by atomic mass is 10.2. The van der Waals surface area contributed by atoms with Gasteiger partial charge in [-0.25, -0.2) is 4.79 Å². The number of carbonyl (C=O) groups is 2. The summed E-state index contributed by atoms with van der Waals surface area (Å²) in [5, 5.41) is 2.86. The van der Waals surface area contributed by atoms with Gasteiger partial charge in [0, 0.05) is 6.04 Å². The van der Waals surface area contributed by atoms with E-state index in [4.69, 9.17) is 9.15 Å². The van der Waals surface area contributed by atoms with Crippen molar-refractivity contribution in [2.45, 2.75) is 25.5 Å². The Morgan fingerprint density at radius 3 is 2.57 bits per heavy atom. The molecule has 1 N–H and O–H groups in total. The van der Waals surface area contributed by atoms with Gasteiger partial charge in [0.2, 0.25) is 0 Å². The number of nitrogens with one attached hydrogen (secondary N) is 1. The average Bonchev–Trinajstić information content (AvgIpc) is 3.26. The lowest BCUT2D eigenvalue weighted by Gasteiger charge is -2.05. The molecule has 1 aromatic heterocycles. The molecule has 1 aliphatic rings. The van der Waals surface area contributed by atoms with Crippen LogP contribution in [0.3, 0.4) is 0 Å². The van der Waals surface area contributed by atoms with Crippen LogP contribution in [-0.2, 0) is 11.3 Å². The maximum absolute atomic E-state index is 11.8. The number of amides is 1. The number of ether oxygens (including phenoxy) is 2. The first-order valence-electron chi connectivity index (χ1n) is 7.36. The molecule has 0 radical (unpaired) electrons. The Labute approximate surface area is 133 Å². The second-order valence-corrected chi connectivity index (χ2v) is 5.32. The molecule has 6 heteroatoms. The summed E-state index contributed by atoms with van der Waals surface area (Å²) in [7, 11) is 1.33. The van der Waals surface area contributed by atoms with E-state index in [1.54, 1.807) is 36.4 Å². The molecule has 6 nitrogen and oxygen atoms in total. The third kappa shape index (κ3) is 3.91. The fraction of sp³-hybridized carbons (Fsp3) is 0.294. The summed E-state index contributed by atoms with van der Waals surface area (Å²) in [6.45, 7) is 0.203. The molecule has 0 atom stereocenters. The smallest absolute Gasteiger partial charge is 0.337 e. The fourth-order valence-corrected chi connectivity index (χ4v) is 2.02. The van der Waals surface area contributed by atoms with E-state index in [1.165, 1.54) is 7.11 Å². The predicted octanol–water partition coefficient (Wildman–Crippen LogP) is 2.54. The Hall–Kier alpha value is -2.76. The van der Waals surface area contributed by atoms with Gasteiger partial charge in [0.05, 0.1) is 12.7 Å². The molecule has 2 aromatic rings. The largest absolute Gasteiger partial charge is 0.486 e. The minimum Gasteiger partial charge on any atom is -0.486 e. The quantitative estimate of drug-likeness (QED) is 0.829. The summed E-state index contributed by atoms with van der Waals surface area (Å²) in [5.74, 6) is 0.854. The molecule has 1 aliphatic carbocycles. The van der Waals surface area contributed by atoms with E-state index >= 15 is 0 Å². The van der Waals surface area contributed by atoms with Gasteiger partial charge < -0.3 is 19.2 Å². The van der Waals surface area contributed by atoms with E-state index in [1.807, 2.05) is 0 Å². The molecule has 1 heterocycles. The molecule has 0 saturated heterocycles. The number of furan rings is 1. The van der Waals surface area contributed by atoms with Crippen molar-refractivity contribution in [2.24, 2.45) is 0 Å².